The molecule has 0 radical (unpaired) electrons. The number of hydrogen-bond acceptors (Lipinski definition) is 4. The largest absolute Gasteiger partial charge is 0.481 e. The SMILES string of the molecule is COc1ccc(C(=O)N[C@@H](C)CO)cn1. The molecule has 1 aromatic rings. The number of pyridine rings is 1. The van der Waals surface area contributed by atoms with Gasteiger partial charge in [-0.25, -0.2) is 4.98 Å². The summed E-state index contributed by atoms with van der Waals surface area (Å²) in [6.45, 7) is 1.63. The van der Waals surface area contributed by atoms with Crippen LogP contribution in [0.1, 0.15) is 17.3 Å². The first-order valence-corrected chi connectivity index (χ1v) is 4.59. The van der Waals surface area contributed by atoms with Gasteiger partial charge < -0.3 is 15.2 Å². The van der Waals surface area contributed by atoms with E-state index >= 15 is 0 Å². The topological polar surface area (TPSA) is 71.5 Å². The van der Waals surface area contributed by atoms with Gasteiger partial charge in [0, 0.05) is 18.3 Å². The highest BCUT2D eigenvalue weighted by atomic mass is 16.5. The fraction of sp³-hybridized carbons (Fsp3) is 0.400. The number of carbonyl (C=O) groups is 1. The Kier molecular flexibility index (Phi) is 4.05. The van der Waals surface area contributed by atoms with Crippen LogP contribution >= 0.6 is 0 Å². The minimum Gasteiger partial charge on any atom is -0.481 e. The van der Waals surface area contributed by atoms with Crippen LogP contribution in [0.15, 0.2) is 18.3 Å². The summed E-state index contributed by atoms with van der Waals surface area (Å²) in [5, 5.41) is 11.4. The summed E-state index contributed by atoms with van der Waals surface area (Å²) in [4.78, 5) is 15.4. The van der Waals surface area contributed by atoms with E-state index < -0.39 is 0 Å². The van der Waals surface area contributed by atoms with Crippen LogP contribution in [0.5, 0.6) is 5.88 Å². The summed E-state index contributed by atoms with van der Waals surface area (Å²) in [7, 11) is 1.51. The molecule has 0 spiro atoms. The maximum atomic E-state index is 11.5. The smallest absolute Gasteiger partial charge is 0.253 e. The fourth-order valence-electron chi connectivity index (χ4n) is 0.988. The van der Waals surface area contributed by atoms with Crippen molar-refractivity contribution in [1.82, 2.24) is 10.3 Å². The van der Waals surface area contributed by atoms with Crippen molar-refractivity contribution < 1.29 is 14.6 Å². The minimum absolute atomic E-state index is 0.0880. The lowest BCUT2D eigenvalue weighted by Gasteiger charge is -2.10. The predicted molar refractivity (Wildman–Crippen MR) is 54.8 cm³/mol. The molecule has 0 saturated heterocycles. The second kappa shape index (κ2) is 5.31. The lowest BCUT2D eigenvalue weighted by Crippen LogP contribution is -2.35. The average Bonchev–Trinajstić information content (AvgIpc) is 2.29. The maximum absolute atomic E-state index is 11.5. The van der Waals surface area contributed by atoms with Crippen LogP contribution in [0.2, 0.25) is 0 Å². The molecular formula is C10H14N2O3. The van der Waals surface area contributed by atoms with Crippen molar-refractivity contribution in [1.29, 1.82) is 0 Å². The first-order valence-electron chi connectivity index (χ1n) is 4.59. The van der Waals surface area contributed by atoms with Gasteiger partial charge in [-0.15, -0.1) is 0 Å². The molecule has 0 aromatic carbocycles. The standard InChI is InChI=1S/C10H14N2O3/c1-7(6-13)12-10(14)8-3-4-9(15-2)11-5-8/h3-5,7,13H,6H2,1-2H3,(H,12,14)/t7-/m0/s1. The van der Waals surface area contributed by atoms with E-state index in [0.29, 0.717) is 11.4 Å². The van der Waals surface area contributed by atoms with Crippen LogP contribution in [-0.2, 0) is 0 Å². The molecule has 82 valence electrons. The lowest BCUT2D eigenvalue weighted by molar-refractivity contribution is 0.0922. The molecule has 0 saturated carbocycles. The van der Waals surface area contributed by atoms with Gasteiger partial charge in [-0.3, -0.25) is 4.79 Å². The Balaban J connectivity index is 2.66. The van der Waals surface area contributed by atoms with Gasteiger partial charge >= 0.3 is 0 Å². The van der Waals surface area contributed by atoms with E-state index in [2.05, 4.69) is 10.3 Å². The molecule has 0 aliphatic heterocycles. The number of ether oxygens (including phenoxy) is 1. The fourth-order valence-corrected chi connectivity index (χ4v) is 0.988. The van der Waals surface area contributed by atoms with Crippen LogP contribution in [0.4, 0.5) is 0 Å². The number of hydrogen-bond donors (Lipinski definition) is 2. The molecule has 1 atom stereocenters. The molecular weight excluding hydrogens is 196 g/mol. The highest BCUT2D eigenvalue weighted by Crippen LogP contribution is 2.06. The molecule has 0 fully saturated rings. The van der Waals surface area contributed by atoms with Gasteiger partial charge in [0.15, 0.2) is 0 Å². The van der Waals surface area contributed by atoms with E-state index in [-0.39, 0.29) is 18.6 Å². The average molecular weight is 210 g/mol. The Bertz CT molecular complexity index is 324. The van der Waals surface area contributed by atoms with Gasteiger partial charge in [-0.2, -0.15) is 0 Å². The Labute approximate surface area is 88.1 Å². The lowest BCUT2D eigenvalue weighted by atomic mass is 10.2. The third kappa shape index (κ3) is 3.21. The number of aliphatic hydroxyl groups excluding tert-OH is 1. The maximum Gasteiger partial charge on any atom is 0.253 e. The van der Waals surface area contributed by atoms with Gasteiger partial charge in [-0.05, 0) is 13.0 Å². The normalized spacial score (nSPS) is 11.9. The molecule has 0 unspecified atom stereocenters. The molecule has 1 amide bonds. The molecule has 1 aromatic heterocycles. The van der Waals surface area contributed by atoms with Crippen molar-refractivity contribution in [3.8, 4) is 5.88 Å². The Hall–Kier alpha value is -1.62. The number of aromatic nitrogens is 1. The van der Waals surface area contributed by atoms with E-state index in [1.165, 1.54) is 13.3 Å². The number of aliphatic hydroxyl groups is 1. The third-order valence-electron chi connectivity index (χ3n) is 1.86. The van der Waals surface area contributed by atoms with E-state index in [0.717, 1.165) is 0 Å². The number of carbonyl (C=O) groups excluding carboxylic acids is 1. The van der Waals surface area contributed by atoms with Gasteiger partial charge in [0.05, 0.1) is 19.3 Å². The van der Waals surface area contributed by atoms with E-state index in [1.54, 1.807) is 19.1 Å². The molecule has 0 bridgehead atoms. The summed E-state index contributed by atoms with van der Waals surface area (Å²) >= 11 is 0. The van der Waals surface area contributed by atoms with Gasteiger partial charge in [0.1, 0.15) is 0 Å². The van der Waals surface area contributed by atoms with Gasteiger partial charge in [0.2, 0.25) is 5.88 Å². The molecule has 0 aliphatic rings. The summed E-state index contributed by atoms with van der Waals surface area (Å²) in [6, 6.07) is 2.96. The molecule has 15 heavy (non-hydrogen) atoms. The van der Waals surface area contributed by atoms with E-state index in [1.807, 2.05) is 0 Å². The van der Waals surface area contributed by atoms with Gasteiger partial charge in [0.25, 0.3) is 5.91 Å². The van der Waals surface area contributed by atoms with Crippen molar-refractivity contribution in [2.75, 3.05) is 13.7 Å². The van der Waals surface area contributed by atoms with Crippen LogP contribution in [0.3, 0.4) is 0 Å². The number of methoxy groups -OCH3 is 1. The van der Waals surface area contributed by atoms with E-state index in [9.17, 15) is 4.79 Å². The molecule has 0 aliphatic carbocycles. The quantitative estimate of drug-likeness (QED) is 0.744. The van der Waals surface area contributed by atoms with E-state index in [4.69, 9.17) is 9.84 Å². The monoisotopic (exact) mass is 210 g/mol. The third-order valence-corrected chi connectivity index (χ3v) is 1.86. The molecule has 1 heterocycles. The summed E-state index contributed by atoms with van der Waals surface area (Å²) in [5.41, 5.74) is 0.441. The van der Waals surface area contributed by atoms with Crippen molar-refractivity contribution >= 4 is 5.91 Å². The second-order valence-corrected chi connectivity index (χ2v) is 3.15. The summed E-state index contributed by atoms with van der Waals surface area (Å²) < 4.78 is 4.87. The molecule has 5 nitrogen and oxygen atoms in total. The molecule has 1 rings (SSSR count). The van der Waals surface area contributed by atoms with Crippen LogP contribution in [0, 0.1) is 0 Å². The zero-order chi connectivity index (χ0) is 11.3. The number of nitrogens with zero attached hydrogens (tertiary/aromatic N) is 1. The Morgan fingerprint density at radius 1 is 1.67 bits per heavy atom. The van der Waals surface area contributed by atoms with Crippen LogP contribution in [0.25, 0.3) is 0 Å². The molecule has 5 heteroatoms. The highest BCUT2D eigenvalue weighted by molar-refractivity contribution is 5.94. The Morgan fingerprint density at radius 2 is 2.40 bits per heavy atom. The van der Waals surface area contributed by atoms with Gasteiger partial charge in [-0.1, -0.05) is 0 Å². The second-order valence-electron chi connectivity index (χ2n) is 3.15. The van der Waals surface area contributed by atoms with Crippen LogP contribution < -0.4 is 10.1 Å². The Morgan fingerprint density at radius 3 is 2.87 bits per heavy atom. The first-order chi connectivity index (χ1) is 7.17. The summed E-state index contributed by atoms with van der Waals surface area (Å²) in [5.74, 6) is 0.202. The van der Waals surface area contributed by atoms with Crippen molar-refractivity contribution in [3.63, 3.8) is 0 Å². The summed E-state index contributed by atoms with van der Waals surface area (Å²) in [6.07, 6.45) is 1.43. The number of nitrogens with one attached hydrogen (secondary N) is 1. The van der Waals surface area contributed by atoms with Crippen LogP contribution in [-0.4, -0.2) is 35.8 Å². The number of amides is 1. The predicted octanol–water partition coefficient (Wildman–Crippen LogP) is 0.201. The minimum atomic E-state index is -0.264. The van der Waals surface area contributed by atoms with Crippen molar-refractivity contribution in [2.24, 2.45) is 0 Å². The van der Waals surface area contributed by atoms with Crippen molar-refractivity contribution in [3.05, 3.63) is 23.9 Å². The highest BCUT2D eigenvalue weighted by Gasteiger charge is 2.09. The van der Waals surface area contributed by atoms with Crippen molar-refractivity contribution in [2.45, 2.75) is 13.0 Å². The zero-order valence-corrected chi connectivity index (χ0v) is 8.73. The molecule has 2 N–H and O–H groups in total. The first kappa shape index (κ1) is 11.5. The number of rotatable bonds is 4. The zero-order valence-electron chi connectivity index (χ0n) is 8.73.